The van der Waals surface area contributed by atoms with Crippen LogP contribution in [0.2, 0.25) is 0 Å². The number of benzene rings is 1. The standard InChI is InChI=1S/C15H17NO4/c1-10(6-7-17)9-16-14(18)12-8-11-4-2-3-5-13(11)20-15(12)19/h2-5,8,10,17H,6-7,9H2,1H3,(H,16,18). The summed E-state index contributed by atoms with van der Waals surface area (Å²) in [6.07, 6.45) is 0.604. The number of hydrogen-bond acceptors (Lipinski definition) is 4. The Morgan fingerprint density at radius 3 is 2.90 bits per heavy atom. The summed E-state index contributed by atoms with van der Waals surface area (Å²) in [4.78, 5) is 23.8. The largest absolute Gasteiger partial charge is 0.422 e. The molecule has 20 heavy (non-hydrogen) atoms. The summed E-state index contributed by atoms with van der Waals surface area (Å²) >= 11 is 0. The molecule has 0 radical (unpaired) electrons. The van der Waals surface area contributed by atoms with Gasteiger partial charge in [0.1, 0.15) is 11.1 Å². The van der Waals surface area contributed by atoms with Crippen LogP contribution in [-0.4, -0.2) is 24.2 Å². The molecule has 5 nitrogen and oxygen atoms in total. The van der Waals surface area contributed by atoms with E-state index in [1.54, 1.807) is 18.2 Å². The van der Waals surface area contributed by atoms with E-state index in [-0.39, 0.29) is 18.1 Å². The van der Waals surface area contributed by atoms with Crippen molar-refractivity contribution in [3.63, 3.8) is 0 Å². The molecule has 0 aliphatic carbocycles. The normalized spacial score (nSPS) is 12.3. The summed E-state index contributed by atoms with van der Waals surface area (Å²) < 4.78 is 5.11. The van der Waals surface area contributed by atoms with E-state index in [1.807, 2.05) is 13.0 Å². The van der Waals surface area contributed by atoms with E-state index in [2.05, 4.69) is 5.32 Å². The van der Waals surface area contributed by atoms with Crippen molar-refractivity contribution in [1.82, 2.24) is 5.32 Å². The van der Waals surface area contributed by atoms with Crippen LogP contribution in [0, 0.1) is 5.92 Å². The smallest absolute Gasteiger partial charge is 0.349 e. The van der Waals surface area contributed by atoms with Crippen molar-refractivity contribution < 1.29 is 14.3 Å². The minimum Gasteiger partial charge on any atom is -0.422 e. The predicted molar refractivity (Wildman–Crippen MR) is 75.7 cm³/mol. The number of carbonyl (C=O) groups is 1. The minimum atomic E-state index is -0.643. The van der Waals surface area contributed by atoms with E-state index in [1.165, 1.54) is 6.07 Å². The second kappa shape index (κ2) is 6.34. The SMILES string of the molecule is CC(CCO)CNC(=O)c1cc2ccccc2oc1=O. The maximum absolute atomic E-state index is 12.0. The highest BCUT2D eigenvalue weighted by atomic mass is 16.4. The molecule has 1 heterocycles. The van der Waals surface area contributed by atoms with Gasteiger partial charge in [-0.15, -0.1) is 0 Å². The first-order valence-electron chi connectivity index (χ1n) is 6.53. The molecule has 0 spiro atoms. The maximum atomic E-state index is 12.0. The molecule has 1 atom stereocenters. The van der Waals surface area contributed by atoms with Gasteiger partial charge in [0.05, 0.1) is 0 Å². The predicted octanol–water partition coefficient (Wildman–Crippen LogP) is 1.54. The Kier molecular flexibility index (Phi) is 4.53. The lowest BCUT2D eigenvalue weighted by Crippen LogP contribution is -2.31. The average molecular weight is 275 g/mol. The molecule has 2 aromatic rings. The fraction of sp³-hybridized carbons (Fsp3) is 0.333. The number of hydrogen-bond donors (Lipinski definition) is 2. The Labute approximate surface area is 116 Å². The van der Waals surface area contributed by atoms with Gasteiger partial charge in [0.2, 0.25) is 0 Å². The van der Waals surface area contributed by atoms with E-state index in [0.29, 0.717) is 23.9 Å². The Morgan fingerprint density at radius 2 is 2.15 bits per heavy atom. The zero-order chi connectivity index (χ0) is 14.5. The summed E-state index contributed by atoms with van der Waals surface area (Å²) in [5.41, 5.74) is -0.182. The van der Waals surface area contributed by atoms with Gasteiger partial charge in [-0.1, -0.05) is 25.1 Å². The number of para-hydroxylation sites is 1. The lowest BCUT2D eigenvalue weighted by atomic mass is 10.1. The molecular weight excluding hydrogens is 258 g/mol. The van der Waals surface area contributed by atoms with E-state index in [4.69, 9.17) is 9.52 Å². The first-order valence-corrected chi connectivity index (χ1v) is 6.53. The van der Waals surface area contributed by atoms with Gasteiger partial charge in [0.15, 0.2) is 0 Å². The van der Waals surface area contributed by atoms with E-state index in [0.717, 1.165) is 0 Å². The van der Waals surface area contributed by atoms with Crippen molar-refractivity contribution in [3.8, 4) is 0 Å². The minimum absolute atomic E-state index is 0.0000940. The number of rotatable bonds is 5. The van der Waals surface area contributed by atoms with Gasteiger partial charge in [-0.05, 0) is 24.5 Å². The van der Waals surface area contributed by atoms with Crippen LogP contribution in [0.4, 0.5) is 0 Å². The second-order valence-electron chi connectivity index (χ2n) is 4.81. The van der Waals surface area contributed by atoms with Crippen molar-refractivity contribution in [1.29, 1.82) is 0 Å². The van der Waals surface area contributed by atoms with Gasteiger partial charge in [0, 0.05) is 18.5 Å². The highest BCUT2D eigenvalue weighted by Gasteiger charge is 2.14. The van der Waals surface area contributed by atoms with Crippen LogP contribution in [-0.2, 0) is 0 Å². The summed E-state index contributed by atoms with van der Waals surface area (Å²) in [6.45, 7) is 2.40. The highest BCUT2D eigenvalue weighted by molar-refractivity contribution is 5.96. The summed E-state index contributed by atoms with van der Waals surface area (Å²) in [6, 6.07) is 8.58. The fourth-order valence-corrected chi connectivity index (χ4v) is 1.90. The topological polar surface area (TPSA) is 79.5 Å². The quantitative estimate of drug-likeness (QED) is 0.811. The number of amides is 1. The van der Waals surface area contributed by atoms with Crippen molar-refractivity contribution in [2.75, 3.05) is 13.2 Å². The number of aliphatic hydroxyl groups excluding tert-OH is 1. The van der Waals surface area contributed by atoms with Gasteiger partial charge in [0.25, 0.3) is 5.91 Å². The van der Waals surface area contributed by atoms with Crippen LogP contribution in [0.1, 0.15) is 23.7 Å². The molecule has 5 heteroatoms. The molecule has 1 unspecified atom stereocenters. The maximum Gasteiger partial charge on any atom is 0.349 e. The van der Waals surface area contributed by atoms with Crippen molar-refractivity contribution >= 4 is 16.9 Å². The molecule has 0 aliphatic heterocycles. The number of nitrogens with one attached hydrogen (secondary N) is 1. The zero-order valence-electron chi connectivity index (χ0n) is 11.3. The summed E-state index contributed by atoms with van der Waals surface area (Å²) in [5, 5.41) is 12.2. The number of carbonyl (C=O) groups excluding carboxylic acids is 1. The first-order chi connectivity index (χ1) is 9.61. The highest BCUT2D eigenvalue weighted by Crippen LogP contribution is 2.12. The molecule has 0 bridgehead atoms. The Bertz CT molecular complexity index is 662. The lowest BCUT2D eigenvalue weighted by Gasteiger charge is -2.10. The molecule has 0 aliphatic rings. The van der Waals surface area contributed by atoms with Crippen LogP contribution in [0.3, 0.4) is 0 Å². The van der Waals surface area contributed by atoms with Crippen LogP contribution >= 0.6 is 0 Å². The molecule has 2 rings (SSSR count). The Hall–Kier alpha value is -2.14. The van der Waals surface area contributed by atoms with Gasteiger partial charge < -0.3 is 14.8 Å². The molecule has 0 saturated heterocycles. The van der Waals surface area contributed by atoms with Crippen LogP contribution in [0.15, 0.2) is 39.5 Å². The molecule has 1 amide bonds. The summed E-state index contributed by atoms with van der Waals surface area (Å²) in [7, 11) is 0. The average Bonchev–Trinajstić information content (AvgIpc) is 2.44. The van der Waals surface area contributed by atoms with Crippen molar-refractivity contribution in [2.24, 2.45) is 5.92 Å². The molecule has 106 valence electrons. The first kappa shape index (κ1) is 14.3. The van der Waals surface area contributed by atoms with E-state index in [9.17, 15) is 9.59 Å². The van der Waals surface area contributed by atoms with Crippen LogP contribution in [0.5, 0.6) is 0 Å². The van der Waals surface area contributed by atoms with Crippen molar-refractivity contribution in [2.45, 2.75) is 13.3 Å². The third kappa shape index (κ3) is 3.24. The molecule has 2 N–H and O–H groups in total. The van der Waals surface area contributed by atoms with Gasteiger partial charge in [-0.2, -0.15) is 0 Å². The van der Waals surface area contributed by atoms with Gasteiger partial charge >= 0.3 is 5.63 Å². The van der Waals surface area contributed by atoms with Crippen molar-refractivity contribution in [3.05, 3.63) is 46.3 Å². The van der Waals surface area contributed by atoms with Gasteiger partial charge in [-0.25, -0.2) is 4.79 Å². The van der Waals surface area contributed by atoms with E-state index < -0.39 is 11.5 Å². The second-order valence-corrected chi connectivity index (χ2v) is 4.81. The third-order valence-corrected chi connectivity index (χ3v) is 3.12. The molecule has 1 aromatic heterocycles. The van der Waals surface area contributed by atoms with Crippen LogP contribution < -0.4 is 10.9 Å². The van der Waals surface area contributed by atoms with E-state index >= 15 is 0 Å². The number of fused-ring (bicyclic) bond motifs is 1. The van der Waals surface area contributed by atoms with Crippen LogP contribution in [0.25, 0.3) is 11.0 Å². The molecule has 0 saturated carbocycles. The number of aliphatic hydroxyl groups is 1. The molecular formula is C15H17NO4. The molecule has 0 fully saturated rings. The summed E-state index contributed by atoms with van der Waals surface area (Å²) in [5.74, 6) is -0.300. The Morgan fingerprint density at radius 1 is 1.40 bits per heavy atom. The monoisotopic (exact) mass is 275 g/mol. The fourth-order valence-electron chi connectivity index (χ4n) is 1.90. The Balaban J connectivity index is 2.17. The lowest BCUT2D eigenvalue weighted by molar-refractivity contribution is 0.0942. The third-order valence-electron chi connectivity index (χ3n) is 3.12. The zero-order valence-corrected chi connectivity index (χ0v) is 11.3. The van der Waals surface area contributed by atoms with Gasteiger partial charge in [-0.3, -0.25) is 4.79 Å². The molecule has 1 aromatic carbocycles.